The summed E-state index contributed by atoms with van der Waals surface area (Å²) in [5, 5.41) is 2.46. The zero-order valence-electron chi connectivity index (χ0n) is 13.3. The minimum Gasteiger partial charge on any atom is -0.452 e. The molecule has 0 bridgehead atoms. The average Bonchev–Trinajstić information content (AvgIpc) is 2.49. The number of rotatable bonds is 8. The van der Waals surface area contributed by atoms with E-state index in [4.69, 9.17) is 4.74 Å². The van der Waals surface area contributed by atoms with Crippen LogP contribution in [0.15, 0.2) is 40.2 Å². The van der Waals surface area contributed by atoms with Crippen LogP contribution >= 0.6 is 15.9 Å². The highest BCUT2D eigenvalue weighted by Crippen LogP contribution is 2.22. The number of amides is 1. The van der Waals surface area contributed by atoms with Crippen LogP contribution in [-0.4, -0.2) is 39.5 Å². The van der Waals surface area contributed by atoms with Crippen LogP contribution in [0.3, 0.4) is 0 Å². The van der Waals surface area contributed by atoms with Crippen LogP contribution in [0.1, 0.15) is 24.2 Å². The Hall–Kier alpha value is -1.71. The van der Waals surface area contributed by atoms with Crippen molar-refractivity contribution in [1.29, 1.82) is 0 Å². The van der Waals surface area contributed by atoms with Crippen LogP contribution in [0.5, 0.6) is 0 Å². The lowest BCUT2D eigenvalue weighted by Gasteiger charge is -2.11. The number of ether oxygens (including phenoxy) is 1. The smallest absolute Gasteiger partial charge is 0.339 e. The second kappa shape index (κ2) is 8.95. The van der Waals surface area contributed by atoms with Gasteiger partial charge in [-0.2, -0.15) is 0 Å². The van der Waals surface area contributed by atoms with Gasteiger partial charge >= 0.3 is 5.97 Å². The molecule has 0 radical (unpaired) electrons. The fourth-order valence-electron chi connectivity index (χ4n) is 1.65. The van der Waals surface area contributed by atoms with E-state index in [-0.39, 0.29) is 23.0 Å². The first-order valence-corrected chi connectivity index (χ1v) is 9.31. The molecule has 24 heavy (non-hydrogen) atoms. The molecule has 1 rings (SSSR count). The standard InChI is InChI=1S/C15H19BrN2O5S/c1-4-7-17-14(19)9-23-15(20)12-8-11(5-6-13(12)16)24(21,22)18-10(2)3/h4-6,8,10,18H,1,7,9H2,2-3H3,(H,17,19). The van der Waals surface area contributed by atoms with Crippen LogP contribution in [0.25, 0.3) is 0 Å². The van der Waals surface area contributed by atoms with Gasteiger partial charge in [-0.1, -0.05) is 6.08 Å². The third kappa shape index (κ3) is 6.06. The molecule has 0 aromatic heterocycles. The predicted octanol–water partition coefficient (Wildman–Crippen LogP) is 1.59. The minimum absolute atomic E-state index is 0.0122. The van der Waals surface area contributed by atoms with E-state index in [0.29, 0.717) is 4.47 Å². The second-order valence-electron chi connectivity index (χ2n) is 5.09. The third-order valence-corrected chi connectivity index (χ3v) is 4.98. The number of esters is 1. The Balaban J connectivity index is 2.91. The number of halogens is 1. The van der Waals surface area contributed by atoms with E-state index in [1.807, 2.05) is 0 Å². The molecule has 0 fully saturated rings. The lowest BCUT2D eigenvalue weighted by molar-refractivity contribution is -0.124. The maximum Gasteiger partial charge on any atom is 0.339 e. The SMILES string of the molecule is C=CCNC(=O)COC(=O)c1cc(S(=O)(=O)NC(C)C)ccc1Br. The fraction of sp³-hybridized carbons (Fsp3) is 0.333. The van der Waals surface area contributed by atoms with Crippen molar-refractivity contribution in [3.63, 3.8) is 0 Å². The maximum absolute atomic E-state index is 12.2. The maximum atomic E-state index is 12.2. The molecule has 1 aromatic rings. The van der Waals surface area contributed by atoms with Crippen molar-refractivity contribution >= 4 is 37.8 Å². The number of hydrogen-bond donors (Lipinski definition) is 2. The summed E-state index contributed by atoms with van der Waals surface area (Å²) in [4.78, 5) is 23.4. The van der Waals surface area contributed by atoms with Crippen LogP contribution in [0.4, 0.5) is 0 Å². The predicted molar refractivity (Wildman–Crippen MR) is 93.1 cm³/mol. The van der Waals surface area contributed by atoms with E-state index in [1.54, 1.807) is 13.8 Å². The lowest BCUT2D eigenvalue weighted by atomic mass is 10.2. The van der Waals surface area contributed by atoms with Crippen molar-refractivity contribution in [3.05, 3.63) is 40.9 Å². The Morgan fingerprint density at radius 1 is 1.38 bits per heavy atom. The molecule has 0 aliphatic heterocycles. The van der Waals surface area contributed by atoms with Crippen molar-refractivity contribution in [1.82, 2.24) is 10.0 Å². The summed E-state index contributed by atoms with van der Waals surface area (Å²) in [6.07, 6.45) is 1.49. The zero-order chi connectivity index (χ0) is 18.3. The van der Waals surface area contributed by atoms with Crippen molar-refractivity contribution in [3.8, 4) is 0 Å². The van der Waals surface area contributed by atoms with Gasteiger partial charge < -0.3 is 10.1 Å². The molecule has 2 N–H and O–H groups in total. The number of carbonyl (C=O) groups excluding carboxylic acids is 2. The Kier molecular flexibility index (Phi) is 7.59. The molecule has 0 heterocycles. The molecule has 9 heteroatoms. The summed E-state index contributed by atoms with van der Waals surface area (Å²) in [7, 11) is -3.74. The molecule has 1 amide bonds. The first kappa shape index (κ1) is 20.3. The van der Waals surface area contributed by atoms with Gasteiger partial charge in [0.25, 0.3) is 5.91 Å². The van der Waals surface area contributed by atoms with E-state index < -0.39 is 28.5 Å². The summed E-state index contributed by atoms with van der Waals surface area (Å²) >= 11 is 3.17. The van der Waals surface area contributed by atoms with E-state index >= 15 is 0 Å². The van der Waals surface area contributed by atoms with Crippen molar-refractivity contribution in [2.24, 2.45) is 0 Å². The highest BCUT2D eigenvalue weighted by Gasteiger charge is 2.20. The molecule has 7 nitrogen and oxygen atoms in total. The number of nitrogens with one attached hydrogen (secondary N) is 2. The van der Waals surface area contributed by atoms with Gasteiger partial charge in [0.2, 0.25) is 10.0 Å². The molecule has 0 aliphatic rings. The van der Waals surface area contributed by atoms with E-state index in [9.17, 15) is 18.0 Å². The summed E-state index contributed by atoms with van der Waals surface area (Å²) in [6.45, 7) is 6.61. The van der Waals surface area contributed by atoms with Crippen LogP contribution < -0.4 is 10.0 Å². The molecule has 132 valence electrons. The Bertz CT molecular complexity index is 731. The largest absolute Gasteiger partial charge is 0.452 e. The highest BCUT2D eigenvalue weighted by molar-refractivity contribution is 9.10. The number of carbonyl (C=O) groups is 2. The average molecular weight is 419 g/mol. The zero-order valence-corrected chi connectivity index (χ0v) is 15.7. The summed E-state index contributed by atoms with van der Waals surface area (Å²) in [5.41, 5.74) is 0.0122. The number of sulfonamides is 1. The summed E-state index contributed by atoms with van der Waals surface area (Å²) in [6, 6.07) is 3.70. The highest BCUT2D eigenvalue weighted by atomic mass is 79.9. The van der Waals surface area contributed by atoms with Gasteiger partial charge in [0.1, 0.15) is 0 Å². The Morgan fingerprint density at radius 2 is 2.04 bits per heavy atom. The molecular formula is C15H19BrN2O5S. The fourth-order valence-corrected chi connectivity index (χ4v) is 3.34. The molecular weight excluding hydrogens is 400 g/mol. The quantitative estimate of drug-likeness (QED) is 0.492. The molecule has 0 saturated carbocycles. The lowest BCUT2D eigenvalue weighted by Crippen LogP contribution is -2.30. The van der Waals surface area contributed by atoms with Crippen LogP contribution in [0, 0.1) is 0 Å². The number of hydrogen-bond acceptors (Lipinski definition) is 5. The topological polar surface area (TPSA) is 102 Å². The van der Waals surface area contributed by atoms with Crippen LogP contribution in [-0.2, 0) is 19.6 Å². The van der Waals surface area contributed by atoms with Crippen molar-refractivity contribution < 1.29 is 22.7 Å². The van der Waals surface area contributed by atoms with Gasteiger partial charge in [-0.25, -0.2) is 17.9 Å². The molecule has 0 saturated heterocycles. The molecule has 0 unspecified atom stereocenters. The molecule has 0 aliphatic carbocycles. The van der Waals surface area contributed by atoms with E-state index in [1.165, 1.54) is 24.3 Å². The van der Waals surface area contributed by atoms with Gasteiger partial charge in [-0.05, 0) is 48.0 Å². The minimum atomic E-state index is -3.74. The van der Waals surface area contributed by atoms with Crippen molar-refractivity contribution in [2.45, 2.75) is 24.8 Å². The van der Waals surface area contributed by atoms with Gasteiger partial charge in [0.15, 0.2) is 6.61 Å². The summed E-state index contributed by atoms with van der Waals surface area (Å²) < 4.78 is 32.0. The van der Waals surface area contributed by atoms with E-state index in [2.05, 4.69) is 32.5 Å². The molecule has 1 aromatic carbocycles. The number of benzene rings is 1. The first-order chi connectivity index (χ1) is 11.2. The van der Waals surface area contributed by atoms with Gasteiger partial charge in [0.05, 0.1) is 10.5 Å². The Morgan fingerprint density at radius 3 is 2.62 bits per heavy atom. The normalized spacial score (nSPS) is 11.2. The Labute approximate surface area is 149 Å². The second-order valence-corrected chi connectivity index (χ2v) is 7.65. The monoisotopic (exact) mass is 418 g/mol. The third-order valence-electron chi connectivity index (χ3n) is 2.64. The van der Waals surface area contributed by atoms with Gasteiger partial charge in [0, 0.05) is 17.1 Å². The van der Waals surface area contributed by atoms with Gasteiger partial charge in [-0.15, -0.1) is 6.58 Å². The summed E-state index contributed by atoms with van der Waals surface area (Å²) in [5.74, 6) is -1.29. The van der Waals surface area contributed by atoms with Gasteiger partial charge in [-0.3, -0.25) is 4.79 Å². The molecule has 0 spiro atoms. The first-order valence-electron chi connectivity index (χ1n) is 7.04. The van der Waals surface area contributed by atoms with Crippen molar-refractivity contribution in [2.75, 3.05) is 13.2 Å². The van der Waals surface area contributed by atoms with E-state index in [0.717, 1.165) is 0 Å². The van der Waals surface area contributed by atoms with Crippen LogP contribution in [0.2, 0.25) is 0 Å². The molecule has 0 atom stereocenters.